The summed E-state index contributed by atoms with van der Waals surface area (Å²) in [6, 6.07) is 6.76. The van der Waals surface area contributed by atoms with Crippen molar-refractivity contribution >= 4 is 15.9 Å². The van der Waals surface area contributed by atoms with Gasteiger partial charge in [0.05, 0.1) is 10.9 Å². The van der Waals surface area contributed by atoms with E-state index in [1.165, 1.54) is 7.05 Å². The zero-order valence-electron chi connectivity index (χ0n) is 13.8. The van der Waals surface area contributed by atoms with E-state index in [-0.39, 0.29) is 22.8 Å². The van der Waals surface area contributed by atoms with Gasteiger partial charge in [0.1, 0.15) is 0 Å². The van der Waals surface area contributed by atoms with E-state index >= 15 is 0 Å². The molecule has 7 heteroatoms. The highest BCUT2D eigenvalue weighted by molar-refractivity contribution is 7.89. The molecule has 0 aliphatic carbocycles. The Morgan fingerprint density at radius 2 is 2.13 bits per heavy atom. The monoisotopic (exact) mass is 339 g/mol. The molecule has 6 nitrogen and oxygen atoms in total. The molecule has 0 bridgehead atoms. The summed E-state index contributed by atoms with van der Waals surface area (Å²) in [4.78, 5) is 12.6. The molecule has 1 aromatic rings. The molecule has 0 spiro atoms. The van der Waals surface area contributed by atoms with Crippen molar-refractivity contribution in [2.24, 2.45) is 5.92 Å². The molecule has 1 aliphatic rings. The van der Waals surface area contributed by atoms with Gasteiger partial charge in [-0.25, -0.2) is 13.1 Å². The molecular weight excluding hydrogens is 314 g/mol. The second kappa shape index (κ2) is 7.42. The lowest BCUT2D eigenvalue weighted by Gasteiger charge is -2.28. The fraction of sp³-hybridized carbons (Fsp3) is 0.562. The predicted molar refractivity (Wildman–Crippen MR) is 89.4 cm³/mol. The van der Waals surface area contributed by atoms with Crippen LogP contribution in [0.5, 0.6) is 0 Å². The van der Waals surface area contributed by atoms with Gasteiger partial charge in [-0.1, -0.05) is 12.1 Å². The molecule has 3 atom stereocenters. The van der Waals surface area contributed by atoms with Crippen LogP contribution in [0.15, 0.2) is 29.2 Å². The highest BCUT2D eigenvalue weighted by Crippen LogP contribution is 2.20. The highest BCUT2D eigenvalue weighted by atomic mass is 32.2. The average molecular weight is 339 g/mol. The fourth-order valence-corrected chi connectivity index (χ4v) is 3.64. The third-order valence-electron chi connectivity index (χ3n) is 4.29. The number of carbonyl (C=O) groups excluding carboxylic acids is 1. The molecule has 1 heterocycles. The Bertz CT molecular complexity index is 660. The van der Waals surface area contributed by atoms with Crippen LogP contribution in [0, 0.1) is 5.92 Å². The van der Waals surface area contributed by atoms with Gasteiger partial charge in [-0.3, -0.25) is 4.79 Å². The van der Waals surface area contributed by atoms with Crippen LogP contribution in [-0.2, 0) is 14.8 Å². The number of rotatable bonds is 5. The molecule has 1 aliphatic heterocycles. The van der Waals surface area contributed by atoms with Gasteiger partial charge in [0.2, 0.25) is 15.9 Å². The minimum absolute atomic E-state index is 0.0120. The minimum atomic E-state index is -3.48. The third kappa shape index (κ3) is 4.53. The molecule has 2 rings (SSSR count). The van der Waals surface area contributed by atoms with Gasteiger partial charge in [-0.15, -0.1) is 0 Å². The third-order valence-corrected chi connectivity index (χ3v) is 5.70. The van der Waals surface area contributed by atoms with Crippen molar-refractivity contribution in [1.29, 1.82) is 0 Å². The maximum absolute atomic E-state index is 12.4. The van der Waals surface area contributed by atoms with Gasteiger partial charge in [-0.2, -0.15) is 0 Å². The van der Waals surface area contributed by atoms with E-state index in [0.29, 0.717) is 6.04 Å². The van der Waals surface area contributed by atoms with Crippen LogP contribution >= 0.6 is 0 Å². The molecule has 128 valence electrons. The van der Waals surface area contributed by atoms with E-state index in [0.717, 1.165) is 24.9 Å². The summed E-state index contributed by atoms with van der Waals surface area (Å²) in [5.41, 5.74) is 0.775. The summed E-state index contributed by atoms with van der Waals surface area (Å²) in [7, 11) is -2.10. The first-order valence-corrected chi connectivity index (χ1v) is 9.39. The fourth-order valence-electron chi connectivity index (χ4n) is 2.85. The molecule has 1 amide bonds. The Morgan fingerprint density at radius 1 is 1.39 bits per heavy atom. The largest absolute Gasteiger partial charge is 0.349 e. The van der Waals surface area contributed by atoms with Gasteiger partial charge in [-0.05, 0) is 58.0 Å². The Morgan fingerprint density at radius 3 is 2.78 bits per heavy atom. The maximum atomic E-state index is 12.4. The van der Waals surface area contributed by atoms with Gasteiger partial charge >= 0.3 is 0 Å². The molecule has 1 fully saturated rings. The zero-order valence-corrected chi connectivity index (χ0v) is 14.6. The van der Waals surface area contributed by atoms with Crippen molar-refractivity contribution in [3.05, 3.63) is 29.8 Å². The second-order valence-electron chi connectivity index (χ2n) is 6.09. The second-order valence-corrected chi connectivity index (χ2v) is 7.97. The molecule has 1 unspecified atom stereocenters. The summed E-state index contributed by atoms with van der Waals surface area (Å²) >= 11 is 0. The normalized spacial score (nSPS) is 23.3. The number of amides is 1. The molecule has 1 saturated heterocycles. The SMILES string of the molecule is CNS(=O)(=O)c1cccc(C(C)NC(=O)[C@H]2CCN[C@@H](C)C2)c1. The van der Waals surface area contributed by atoms with E-state index in [4.69, 9.17) is 0 Å². The number of hydrogen-bond acceptors (Lipinski definition) is 4. The van der Waals surface area contributed by atoms with E-state index in [2.05, 4.69) is 22.3 Å². The molecule has 1 aromatic carbocycles. The van der Waals surface area contributed by atoms with Crippen LogP contribution < -0.4 is 15.4 Å². The van der Waals surface area contributed by atoms with Crippen LogP contribution in [0.25, 0.3) is 0 Å². The Labute approximate surface area is 138 Å². The van der Waals surface area contributed by atoms with Crippen LogP contribution in [0.4, 0.5) is 0 Å². The summed E-state index contributed by atoms with van der Waals surface area (Å²) in [6.45, 7) is 4.80. The van der Waals surface area contributed by atoms with Gasteiger partial charge < -0.3 is 10.6 Å². The lowest BCUT2D eigenvalue weighted by Crippen LogP contribution is -2.43. The van der Waals surface area contributed by atoms with E-state index in [1.54, 1.807) is 18.2 Å². The lowest BCUT2D eigenvalue weighted by atomic mass is 9.92. The van der Waals surface area contributed by atoms with Crippen LogP contribution in [0.1, 0.15) is 38.3 Å². The van der Waals surface area contributed by atoms with Crippen molar-refractivity contribution in [1.82, 2.24) is 15.4 Å². The van der Waals surface area contributed by atoms with Crippen LogP contribution in [0.3, 0.4) is 0 Å². The number of nitrogens with one attached hydrogen (secondary N) is 3. The topological polar surface area (TPSA) is 87.3 Å². The first-order chi connectivity index (χ1) is 10.8. The van der Waals surface area contributed by atoms with Gasteiger partial charge in [0.25, 0.3) is 0 Å². The highest BCUT2D eigenvalue weighted by Gasteiger charge is 2.26. The molecule has 0 radical (unpaired) electrons. The molecular formula is C16H25N3O3S. The lowest BCUT2D eigenvalue weighted by molar-refractivity contribution is -0.126. The minimum Gasteiger partial charge on any atom is -0.349 e. The summed E-state index contributed by atoms with van der Waals surface area (Å²) in [6.07, 6.45) is 1.66. The van der Waals surface area contributed by atoms with Crippen molar-refractivity contribution in [2.75, 3.05) is 13.6 Å². The van der Waals surface area contributed by atoms with Crippen LogP contribution in [0.2, 0.25) is 0 Å². The predicted octanol–water partition coefficient (Wildman–Crippen LogP) is 1.16. The maximum Gasteiger partial charge on any atom is 0.240 e. The molecule has 23 heavy (non-hydrogen) atoms. The smallest absolute Gasteiger partial charge is 0.240 e. The Balaban J connectivity index is 2.07. The first-order valence-electron chi connectivity index (χ1n) is 7.90. The first kappa shape index (κ1) is 17.9. The molecule has 0 saturated carbocycles. The quantitative estimate of drug-likeness (QED) is 0.751. The summed E-state index contributed by atoms with van der Waals surface area (Å²) < 4.78 is 26.1. The molecule has 0 aromatic heterocycles. The van der Waals surface area contributed by atoms with Crippen molar-refractivity contribution in [3.63, 3.8) is 0 Å². The summed E-state index contributed by atoms with van der Waals surface area (Å²) in [5, 5.41) is 6.33. The average Bonchev–Trinajstić information content (AvgIpc) is 2.55. The summed E-state index contributed by atoms with van der Waals surface area (Å²) in [5.74, 6) is 0.0469. The number of carbonyl (C=O) groups is 1. The van der Waals surface area contributed by atoms with Crippen molar-refractivity contribution < 1.29 is 13.2 Å². The molecule has 3 N–H and O–H groups in total. The number of hydrogen-bond donors (Lipinski definition) is 3. The van der Waals surface area contributed by atoms with Crippen molar-refractivity contribution in [3.8, 4) is 0 Å². The van der Waals surface area contributed by atoms with Crippen molar-refractivity contribution in [2.45, 2.75) is 43.7 Å². The van der Waals surface area contributed by atoms with E-state index < -0.39 is 10.0 Å². The van der Waals surface area contributed by atoms with E-state index in [1.807, 2.05) is 13.0 Å². The number of piperidine rings is 1. The van der Waals surface area contributed by atoms with Gasteiger partial charge in [0, 0.05) is 12.0 Å². The number of benzene rings is 1. The van der Waals surface area contributed by atoms with Crippen LogP contribution in [-0.4, -0.2) is 34.0 Å². The van der Waals surface area contributed by atoms with E-state index in [9.17, 15) is 13.2 Å². The zero-order chi connectivity index (χ0) is 17.0. The number of sulfonamides is 1. The Kier molecular flexibility index (Phi) is 5.78. The standard InChI is InChI=1S/C16H25N3O3S/c1-11-9-14(7-8-18-11)16(20)19-12(2)13-5-4-6-15(10-13)23(21,22)17-3/h4-6,10-12,14,17-18H,7-9H2,1-3H3,(H,19,20)/t11-,12?,14-/m0/s1. The van der Waals surface area contributed by atoms with Gasteiger partial charge in [0.15, 0.2) is 0 Å². The Hall–Kier alpha value is -1.44.